The number of nitrogens with zero attached hydrogens (tertiary/aromatic N) is 2. The summed E-state index contributed by atoms with van der Waals surface area (Å²) in [5.41, 5.74) is 2.72. The summed E-state index contributed by atoms with van der Waals surface area (Å²) in [6.45, 7) is 1.93. The zero-order chi connectivity index (χ0) is 28.4. The van der Waals surface area contributed by atoms with Crippen molar-refractivity contribution >= 4 is 60.9 Å². The van der Waals surface area contributed by atoms with Crippen LogP contribution >= 0.6 is 43.2 Å². The number of esters is 1. The maximum Gasteiger partial charge on any atom is 0.338 e. The van der Waals surface area contributed by atoms with E-state index in [0.717, 1.165) is 20.1 Å². The number of fused-ring (bicyclic) bond motifs is 1. The van der Waals surface area contributed by atoms with Crippen molar-refractivity contribution in [1.29, 1.82) is 0 Å². The lowest BCUT2D eigenvalue weighted by atomic mass is 9.93. The van der Waals surface area contributed by atoms with Gasteiger partial charge in [0.05, 0.1) is 51.6 Å². The predicted molar refractivity (Wildman–Crippen MR) is 162 cm³/mol. The third-order valence-electron chi connectivity index (χ3n) is 6.31. The van der Waals surface area contributed by atoms with E-state index in [0.29, 0.717) is 32.1 Å². The van der Waals surface area contributed by atoms with Gasteiger partial charge in [-0.1, -0.05) is 53.8 Å². The molecule has 1 aliphatic heterocycles. The lowest BCUT2D eigenvalue weighted by Gasteiger charge is -2.26. The summed E-state index contributed by atoms with van der Waals surface area (Å²) < 4.78 is 19.9. The van der Waals surface area contributed by atoms with Crippen LogP contribution in [0.3, 0.4) is 0 Å². The molecule has 0 N–H and O–H groups in total. The smallest absolute Gasteiger partial charge is 0.338 e. The quantitative estimate of drug-likeness (QED) is 0.241. The van der Waals surface area contributed by atoms with Gasteiger partial charge in [-0.2, -0.15) is 0 Å². The van der Waals surface area contributed by atoms with Gasteiger partial charge in [0.15, 0.2) is 4.80 Å². The molecule has 1 aromatic heterocycles. The highest BCUT2D eigenvalue weighted by molar-refractivity contribution is 9.11. The Morgan fingerprint density at radius 1 is 1.02 bits per heavy atom. The molecule has 0 aliphatic carbocycles. The summed E-state index contributed by atoms with van der Waals surface area (Å²) in [6.07, 6.45) is 1.80. The lowest BCUT2D eigenvalue weighted by molar-refractivity contribution is -0.138. The summed E-state index contributed by atoms with van der Waals surface area (Å²) >= 11 is 8.32. The van der Waals surface area contributed by atoms with Crippen molar-refractivity contribution in [2.24, 2.45) is 4.99 Å². The summed E-state index contributed by atoms with van der Waals surface area (Å²) in [6, 6.07) is 19.8. The highest BCUT2D eigenvalue weighted by Gasteiger charge is 2.35. The molecule has 1 aliphatic rings. The Morgan fingerprint density at radius 2 is 1.75 bits per heavy atom. The van der Waals surface area contributed by atoms with Gasteiger partial charge in [-0.3, -0.25) is 9.36 Å². The molecule has 2 heterocycles. The van der Waals surface area contributed by atoms with Crippen LogP contribution in [0.1, 0.15) is 29.7 Å². The average molecular weight is 684 g/mol. The van der Waals surface area contributed by atoms with Gasteiger partial charge < -0.3 is 14.2 Å². The van der Waals surface area contributed by atoms with Crippen LogP contribution in [0.15, 0.2) is 91.0 Å². The van der Waals surface area contributed by atoms with Gasteiger partial charge >= 0.3 is 5.97 Å². The van der Waals surface area contributed by atoms with Gasteiger partial charge in [-0.15, -0.1) is 0 Å². The Morgan fingerprint density at radius 3 is 2.40 bits per heavy atom. The molecule has 5 rings (SSSR count). The fraction of sp³-hybridized carbons (Fsp3) is 0.167. The molecule has 0 amide bonds. The number of hydrogen-bond acceptors (Lipinski definition) is 7. The van der Waals surface area contributed by atoms with E-state index in [4.69, 9.17) is 19.2 Å². The van der Waals surface area contributed by atoms with E-state index in [2.05, 4.69) is 31.9 Å². The van der Waals surface area contributed by atoms with Gasteiger partial charge in [0, 0.05) is 5.56 Å². The molecule has 0 fully saturated rings. The van der Waals surface area contributed by atoms with Crippen LogP contribution in [0.4, 0.5) is 0 Å². The van der Waals surface area contributed by atoms with Crippen molar-refractivity contribution in [3.8, 4) is 11.5 Å². The van der Waals surface area contributed by atoms with Crippen molar-refractivity contribution in [2.75, 3.05) is 20.8 Å². The Kier molecular flexibility index (Phi) is 8.39. The van der Waals surface area contributed by atoms with Crippen LogP contribution in [-0.2, 0) is 9.53 Å². The average Bonchev–Trinajstić information content (AvgIpc) is 3.26. The number of carbonyl (C=O) groups excluding carboxylic acids is 1. The molecule has 0 bridgehead atoms. The molecular formula is C30H24Br2N2O5S. The van der Waals surface area contributed by atoms with E-state index < -0.39 is 12.0 Å². The summed E-state index contributed by atoms with van der Waals surface area (Å²) in [4.78, 5) is 33.0. The van der Waals surface area contributed by atoms with Gasteiger partial charge in [0.1, 0.15) is 11.5 Å². The number of methoxy groups -OCH3 is 2. The lowest BCUT2D eigenvalue weighted by Crippen LogP contribution is -2.40. The largest absolute Gasteiger partial charge is 0.497 e. The number of benzene rings is 3. The maximum absolute atomic E-state index is 14.0. The molecule has 10 heteroatoms. The number of thiazole rings is 1. The minimum absolute atomic E-state index is 0.181. The molecule has 3 aromatic carbocycles. The van der Waals surface area contributed by atoms with Gasteiger partial charge in [-0.25, -0.2) is 9.79 Å². The summed E-state index contributed by atoms with van der Waals surface area (Å²) in [5.74, 6) is 0.729. The standard InChI is InChI=1S/C30H24Br2N2O5S/c1-4-39-29(36)24-25(18-9-6-5-7-10-18)33-30-34(26(24)19-11-8-12-20(16-19)37-2)28(35)23(40-30)15-17-13-21(31)27(38-3)22(32)14-17/h5-16,26H,4H2,1-3H3/b23-15-/t26-/m0/s1. The van der Waals surface area contributed by atoms with E-state index in [9.17, 15) is 9.59 Å². The Hall–Kier alpha value is -3.47. The van der Waals surface area contributed by atoms with Crippen LogP contribution in [0.25, 0.3) is 11.8 Å². The van der Waals surface area contributed by atoms with Gasteiger partial charge in [0.2, 0.25) is 0 Å². The minimum Gasteiger partial charge on any atom is -0.497 e. The molecule has 0 radical (unpaired) electrons. The molecule has 204 valence electrons. The monoisotopic (exact) mass is 682 g/mol. The second kappa shape index (κ2) is 12.0. The first-order valence-electron chi connectivity index (χ1n) is 12.3. The van der Waals surface area contributed by atoms with Crippen LogP contribution < -0.4 is 24.4 Å². The SMILES string of the molecule is CCOC(=O)C1=C(c2ccccc2)N=c2s/c(=C\c3cc(Br)c(OC)c(Br)c3)c(=O)n2[C@H]1c1cccc(OC)c1. The molecule has 0 spiro atoms. The molecule has 0 saturated heterocycles. The van der Waals surface area contributed by atoms with Crippen molar-refractivity contribution < 1.29 is 19.0 Å². The van der Waals surface area contributed by atoms with Crippen LogP contribution in [-0.4, -0.2) is 31.4 Å². The number of hydrogen-bond donors (Lipinski definition) is 0. The van der Waals surface area contributed by atoms with Crippen LogP contribution in [0.2, 0.25) is 0 Å². The maximum atomic E-state index is 14.0. The van der Waals surface area contributed by atoms with Crippen molar-refractivity contribution in [3.05, 3.63) is 118 Å². The molecule has 0 saturated carbocycles. The van der Waals surface area contributed by atoms with E-state index >= 15 is 0 Å². The zero-order valence-corrected chi connectivity index (χ0v) is 25.8. The second-order valence-electron chi connectivity index (χ2n) is 8.73. The highest BCUT2D eigenvalue weighted by Crippen LogP contribution is 2.37. The second-order valence-corrected chi connectivity index (χ2v) is 11.4. The molecule has 4 aromatic rings. The highest BCUT2D eigenvalue weighted by atomic mass is 79.9. The number of ether oxygens (including phenoxy) is 3. The molecule has 40 heavy (non-hydrogen) atoms. The third-order valence-corrected chi connectivity index (χ3v) is 8.47. The van der Waals surface area contributed by atoms with Gasteiger partial charge in [-0.05, 0) is 80.3 Å². The summed E-state index contributed by atoms with van der Waals surface area (Å²) in [5, 5.41) is 0. The van der Waals surface area contributed by atoms with Gasteiger partial charge in [0.25, 0.3) is 5.56 Å². The first-order chi connectivity index (χ1) is 19.4. The first kappa shape index (κ1) is 28.1. The predicted octanol–water partition coefficient (Wildman–Crippen LogP) is 5.48. The Labute approximate surface area is 251 Å². The number of aromatic nitrogens is 1. The minimum atomic E-state index is -0.780. The molecule has 7 nitrogen and oxygen atoms in total. The first-order valence-corrected chi connectivity index (χ1v) is 14.7. The molecule has 0 unspecified atom stereocenters. The van der Waals surface area contributed by atoms with Crippen molar-refractivity contribution in [1.82, 2.24) is 4.57 Å². The normalized spacial score (nSPS) is 14.9. The van der Waals surface area contributed by atoms with E-state index in [-0.39, 0.29) is 17.7 Å². The Bertz CT molecular complexity index is 1790. The number of halogens is 2. The van der Waals surface area contributed by atoms with Crippen LogP contribution in [0.5, 0.6) is 11.5 Å². The number of carbonyl (C=O) groups is 1. The molecule has 1 atom stereocenters. The summed E-state index contributed by atoms with van der Waals surface area (Å²) in [7, 11) is 3.17. The third kappa shape index (κ3) is 5.31. The zero-order valence-electron chi connectivity index (χ0n) is 21.8. The fourth-order valence-electron chi connectivity index (χ4n) is 4.58. The van der Waals surface area contributed by atoms with Crippen molar-refractivity contribution in [2.45, 2.75) is 13.0 Å². The fourth-order valence-corrected chi connectivity index (χ4v) is 7.12. The van der Waals surface area contributed by atoms with E-state index in [1.807, 2.05) is 66.7 Å². The molecular weight excluding hydrogens is 660 g/mol. The van der Waals surface area contributed by atoms with Crippen molar-refractivity contribution in [3.63, 3.8) is 0 Å². The Balaban J connectivity index is 1.82. The van der Waals surface area contributed by atoms with Crippen LogP contribution in [0, 0.1) is 0 Å². The number of rotatable bonds is 7. The van der Waals surface area contributed by atoms with E-state index in [1.165, 1.54) is 11.3 Å². The van der Waals surface area contributed by atoms with E-state index in [1.54, 1.807) is 31.8 Å². The topological polar surface area (TPSA) is 79.1 Å².